The summed E-state index contributed by atoms with van der Waals surface area (Å²) in [5.74, 6) is -2.32. The Morgan fingerprint density at radius 2 is 1.65 bits per heavy atom. The predicted molar refractivity (Wildman–Crippen MR) is 75.5 cm³/mol. The van der Waals surface area contributed by atoms with E-state index < -0.39 is 35.1 Å². The second-order valence-electron chi connectivity index (χ2n) is 4.40. The van der Waals surface area contributed by atoms with E-state index in [0.29, 0.717) is 12.1 Å². The topological polar surface area (TPSA) is 41.1 Å². The quantitative estimate of drug-likeness (QED) is 0.711. The second kappa shape index (κ2) is 6.41. The summed E-state index contributed by atoms with van der Waals surface area (Å²) in [6.45, 7) is 0. The molecule has 9 heteroatoms. The van der Waals surface area contributed by atoms with Crippen molar-refractivity contribution in [2.24, 2.45) is 0 Å². The third-order valence-electron chi connectivity index (χ3n) is 2.71. The van der Waals surface area contributed by atoms with Crippen LogP contribution in [0.1, 0.15) is 5.56 Å². The van der Waals surface area contributed by atoms with Gasteiger partial charge in [-0.05, 0) is 30.3 Å². The molecule has 0 fully saturated rings. The fraction of sp³-hybridized carbons (Fsp3) is 0.0714. The van der Waals surface area contributed by atoms with Crippen molar-refractivity contribution in [2.75, 3.05) is 10.6 Å². The summed E-state index contributed by atoms with van der Waals surface area (Å²) >= 11 is 5.52. The summed E-state index contributed by atoms with van der Waals surface area (Å²) in [7, 11) is 0. The van der Waals surface area contributed by atoms with Gasteiger partial charge in [0.25, 0.3) is 0 Å². The molecule has 0 saturated heterocycles. The molecule has 0 spiro atoms. The fourth-order valence-corrected chi connectivity index (χ4v) is 1.89. The van der Waals surface area contributed by atoms with Gasteiger partial charge < -0.3 is 10.6 Å². The molecule has 2 rings (SSSR count). The molecule has 3 nitrogen and oxygen atoms in total. The summed E-state index contributed by atoms with van der Waals surface area (Å²) in [6.07, 6.45) is -4.73. The molecule has 0 saturated carbocycles. The van der Waals surface area contributed by atoms with Crippen molar-refractivity contribution in [3.63, 3.8) is 0 Å². The first-order valence-electron chi connectivity index (χ1n) is 6.06. The maximum Gasteiger partial charge on any atom is 0.418 e. The Morgan fingerprint density at radius 3 is 2.26 bits per heavy atom. The SMILES string of the molecule is O=C(Nc1ccc(F)c(F)c1)Nc1ccc(Cl)cc1C(F)(F)F. The van der Waals surface area contributed by atoms with Crippen LogP contribution < -0.4 is 10.6 Å². The molecule has 2 amide bonds. The Morgan fingerprint density at radius 1 is 0.957 bits per heavy atom. The Balaban J connectivity index is 2.19. The van der Waals surface area contributed by atoms with E-state index in [9.17, 15) is 26.7 Å². The Hall–Kier alpha value is -2.35. The van der Waals surface area contributed by atoms with Crippen molar-refractivity contribution in [1.29, 1.82) is 0 Å². The van der Waals surface area contributed by atoms with Crippen molar-refractivity contribution in [1.82, 2.24) is 0 Å². The molecule has 0 atom stereocenters. The van der Waals surface area contributed by atoms with Crippen LogP contribution in [-0.4, -0.2) is 6.03 Å². The van der Waals surface area contributed by atoms with Crippen LogP contribution in [-0.2, 0) is 6.18 Å². The number of carbonyl (C=O) groups excluding carboxylic acids is 1. The zero-order valence-corrected chi connectivity index (χ0v) is 11.9. The molecule has 0 aromatic heterocycles. The summed E-state index contributed by atoms with van der Waals surface area (Å²) < 4.78 is 64.4. The number of anilines is 2. The normalized spacial score (nSPS) is 11.2. The number of alkyl halides is 3. The molecule has 122 valence electrons. The van der Waals surface area contributed by atoms with Crippen LogP contribution in [0.2, 0.25) is 5.02 Å². The van der Waals surface area contributed by atoms with E-state index >= 15 is 0 Å². The van der Waals surface area contributed by atoms with Crippen LogP contribution in [0.25, 0.3) is 0 Å². The fourth-order valence-electron chi connectivity index (χ4n) is 1.72. The van der Waals surface area contributed by atoms with Gasteiger partial charge in [0.15, 0.2) is 11.6 Å². The third-order valence-corrected chi connectivity index (χ3v) is 2.95. The first-order chi connectivity index (χ1) is 10.7. The molecule has 0 heterocycles. The lowest BCUT2D eigenvalue weighted by Crippen LogP contribution is -2.22. The minimum Gasteiger partial charge on any atom is -0.308 e. The average molecular weight is 351 g/mol. The van der Waals surface area contributed by atoms with Gasteiger partial charge in [-0.15, -0.1) is 0 Å². The molecule has 0 unspecified atom stereocenters. The highest BCUT2D eigenvalue weighted by Crippen LogP contribution is 2.36. The lowest BCUT2D eigenvalue weighted by atomic mass is 10.1. The van der Waals surface area contributed by atoms with Crippen LogP contribution in [0.3, 0.4) is 0 Å². The number of hydrogen-bond acceptors (Lipinski definition) is 1. The van der Waals surface area contributed by atoms with E-state index in [-0.39, 0.29) is 10.7 Å². The Kier molecular flexibility index (Phi) is 4.74. The molecule has 0 aliphatic rings. The van der Waals surface area contributed by atoms with Crippen LogP contribution in [0.4, 0.5) is 38.1 Å². The van der Waals surface area contributed by atoms with Gasteiger partial charge in [-0.1, -0.05) is 11.6 Å². The van der Waals surface area contributed by atoms with E-state index in [4.69, 9.17) is 11.6 Å². The lowest BCUT2D eigenvalue weighted by molar-refractivity contribution is -0.136. The van der Waals surface area contributed by atoms with E-state index in [1.54, 1.807) is 0 Å². The van der Waals surface area contributed by atoms with Gasteiger partial charge in [0.1, 0.15) is 0 Å². The monoisotopic (exact) mass is 350 g/mol. The first-order valence-corrected chi connectivity index (χ1v) is 6.44. The first kappa shape index (κ1) is 17.0. The van der Waals surface area contributed by atoms with Gasteiger partial charge in [-0.3, -0.25) is 0 Å². The number of hydrogen-bond donors (Lipinski definition) is 2. The molecule has 2 aromatic carbocycles. The van der Waals surface area contributed by atoms with Gasteiger partial charge in [0.2, 0.25) is 0 Å². The average Bonchev–Trinajstić information content (AvgIpc) is 2.44. The van der Waals surface area contributed by atoms with Crippen LogP contribution in [0.5, 0.6) is 0 Å². The van der Waals surface area contributed by atoms with Crippen molar-refractivity contribution in [3.8, 4) is 0 Å². The number of benzene rings is 2. The van der Waals surface area contributed by atoms with E-state index in [1.165, 1.54) is 6.07 Å². The molecule has 0 aliphatic heterocycles. The van der Waals surface area contributed by atoms with Crippen LogP contribution in [0.15, 0.2) is 36.4 Å². The lowest BCUT2D eigenvalue weighted by Gasteiger charge is -2.14. The predicted octanol–water partition coefficient (Wildman–Crippen LogP) is 5.28. The van der Waals surface area contributed by atoms with Gasteiger partial charge in [-0.25, -0.2) is 13.6 Å². The summed E-state index contributed by atoms with van der Waals surface area (Å²) in [5, 5.41) is 3.93. The largest absolute Gasteiger partial charge is 0.418 e. The van der Waals surface area contributed by atoms with Gasteiger partial charge >= 0.3 is 12.2 Å². The van der Waals surface area contributed by atoms with E-state index in [0.717, 1.165) is 18.2 Å². The Bertz CT molecular complexity index is 748. The van der Waals surface area contributed by atoms with E-state index in [1.807, 2.05) is 5.32 Å². The van der Waals surface area contributed by atoms with Crippen LogP contribution >= 0.6 is 11.6 Å². The molecule has 0 aliphatic carbocycles. The highest BCUT2D eigenvalue weighted by atomic mass is 35.5. The zero-order chi connectivity index (χ0) is 17.2. The van der Waals surface area contributed by atoms with Crippen molar-refractivity contribution >= 4 is 29.0 Å². The highest BCUT2D eigenvalue weighted by molar-refractivity contribution is 6.30. The second-order valence-corrected chi connectivity index (χ2v) is 4.83. The Labute approximate surface area is 132 Å². The number of amides is 2. The molecule has 0 bridgehead atoms. The molecular weight excluding hydrogens is 343 g/mol. The minimum absolute atomic E-state index is 0.121. The maximum absolute atomic E-state index is 13.0. The highest BCUT2D eigenvalue weighted by Gasteiger charge is 2.34. The molecule has 2 aromatic rings. The molecule has 2 N–H and O–H groups in total. The smallest absolute Gasteiger partial charge is 0.308 e. The van der Waals surface area contributed by atoms with Gasteiger partial charge in [-0.2, -0.15) is 13.2 Å². The summed E-state index contributed by atoms with van der Waals surface area (Å²) in [4.78, 5) is 11.7. The van der Waals surface area contributed by atoms with E-state index in [2.05, 4.69) is 5.32 Å². The number of halogens is 6. The summed E-state index contributed by atoms with van der Waals surface area (Å²) in [5.41, 5.74) is -1.78. The zero-order valence-electron chi connectivity index (χ0n) is 11.1. The number of nitrogens with one attached hydrogen (secondary N) is 2. The number of carbonyl (C=O) groups is 1. The maximum atomic E-state index is 13.0. The number of rotatable bonds is 2. The third kappa shape index (κ3) is 4.32. The standard InChI is InChI=1S/C14H8ClF5N2O/c15-7-1-4-12(9(5-7)14(18,19)20)22-13(23)21-8-2-3-10(16)11(17)6-8/h1-6H,(H2,21,22,23). The molecule has 23 heavy (non-hydrogen) atoms. The van der Waals surface area contributed by atoms with Crippen molar-refractivity contribution in [2.45, 2.75) is 6.18 Å². The van der Waals surface area contributed by atoms with Gasteiger partial charge in [0.05, 0.1) is 11.3 Å². The van der Waals surface area contributed by atoms with Crippen molar-refractivity contribution < 1.29 is 26.7 Å². The molecular formula is C14H8ClF5N2O. The van der Waals surface area contributed by atoms with Crippen molar-refractivity contribution in [3.05, 3.63) is 58.6 Å². The van der Waals surface area contributed by atoms with Crippen LogP contribution in [0, 0.1) is 11.6 Å². The molecule has 0 radical (unpaired) electrons. The minimum atomic E-state index is -4.73. The number of urea groups is 1. The summed E-state index contributed by atoms with van der Waals surface area (Å²) in [6, 6.07) is 4.29. The van der Waals surface area contributed by atoms with Gasteiger partial charge in [0, 0.05) is 16.8 Å².